The molecule has 0 aromatic rings. The zero-order chi connectivity index (χ0) is 5.11. The van der Waals surface area contributed by atoms with Crippen molar-refractivity contribution < 1.29 is 46.5 Å². The summed E-state index contributed by atoms with van der Waals surface area (Å²) in [6, 6.07) is 0.286. The summed E-state index contributed by atoms with van der Waals surface area (Å²) in [5.41, 5.74) is 7.27. The number of halogens is 2. The van der Waals surface area contributed by atoms with Crippen LogP contribution in [0, 0.1) is 0 Å². The maximum atomic E-state index is 7.27. The van der Waals surface area contributed by atoms with Gasteiger partial charge in [-0.3, -0.25) is 0 Å². The van der Waals surface area contributed by atoms with Crippen LogP contribution in [0.4, 0.5) is 0 Å². The number of hydrogen-bond acceptors (Lipinski definition) is 0. The Balaban J connectivity index is -0.000000163. The predicted octanol–water partition coefficient (Wildman–Crippen LogP) is -3.62. The van der Waals surface area contributed by atoms with Gasteiger partial charge in [-0.15, -0.1) is 6.04 Å². The summed E-state index contributed by atoms with van der Waals surface area (Å²) in [7, 11) is 0. The standard InChI is InChI=1S/C6H12N.2ClH.Ti/c7-6-4-2-1-3-5-6;;;/h6-7H,1-5H2;2*1H;/q-1;;;+3/p-2. The summed E-state index contributed by atoms with van der Waals surface area (Å²) in [6.07, 6.45) is 6.28. The van der Waals surface area contributed by atoms with Gasteiger partial charge in [-0.25, -0.2) is 0 Å². The summed E-state index contributed by atoms with van der Waals surface area (Å²) in [4.78, 5) is 0. The molecule has 59 valence electrons. The third kappa shape index (κ3) is 7.36. The first-order chi connectivity index (χ1) is 3.39. The molecule has 1 saturated carbocycles. The smallest absolute Gasteiger partial charge is 1.00 e. The van der Waals surface area contributed by atoms with Crippen LogP contribution < -0.4 is 24.8 Å². The van der Waals surface area contributed by atoms with Crippen molar-refractivity contribution >= 4 is 0 Å². The van der Waals surface area contributed by atoms with E-state index in [1.807, 2.05) is 0 Å². The maximum absolute atomic E-state index is 7.27. The second-order valence-electron chi connectivity index (χ2n) is 2.33. The van der Waals surface area contributed by atoms with E-state index in [1.54, 1.807) is 0 Å². The van der Waals surface area contributed by atoms with Gasteiger partial charge in [0.25, 0.3) is 0 Å². The van der Waals surface area contributed by atoms with Crippen molar-refractivity contribution in [2.24, 2.45) is 0 Å². The Morgan fingerprint density at radius 3 is 1.50 bits per heavy atom. The Labute approximate surface area is 90.2 Å². The van der Waals surface area contributed by atoms with E-state index >= 15 is 0 Å². The van der Waals surface area contributed by atoms with Gasteiger partial charge in [0.05, 0.1) is 0 Å². The fourth-order valence-electron chi connectivity index (χ4n) is 1.10. The molecule has 0 heterocycles. The summed E-state index contributed by atoms with van der Waals surface area (Å²) in [6.45, 7) is 0. The average molecular weight is 217 g/mol. The Morgan fingerprint density at radius 2 is 1.30 bits per heavy atom. The molecule has 0 aromatic heterocycles. The van der Waals surface area contributed by atoms with E-state index in [1.165, 1.54) is 19.3 Å². The van der Waals surface area contributed by atoms with Crippen LogP contribution in [0.1, 0.15) is 32.1 Å². The van der Waals surface area contributed by atoms with Crippen molar-refractivity contribution in [3.8, 4) is 0 Å². The van der Waals surface area contributed by atoms with Crippen LogP contribution in [0.15, 0.2) is 0 Å². The number of rotatable bonds is 0. The van der Waals surface area contributed by atoms with E-state index in [0.29, 0.717) is 0 Å². The summed E-state index contributed by atoms with van der Waals surface area (Å²) in [5, 5.41) is 0. The molecule has 1 radical (unpaired) electrons. The van der Waals surface area contributed by atoms with Gasteiger partial charge in [0, 0.05) is 0 Å². The molecule has 0 saturated heterocycles. The van der Waals surface area contributed by atoms with Crippen molar-refractivity contribution in [2.75, 3.05) is 0 Å². The van der Waals surface area contributed by atoms with Crippen molar-refractivity contribution in [1.29, 1.82) is 0 Å². The van der Waals surface area contributed by atoms with Gasteiger partial charge in [-0.1, -0.05) is 32.1 Å². The van der Waals surface area contributed by atoms with Crippen LogP contribution in [-0.4, -0.2) is 6.04 Å². The molecule has 4 heteroatoms. The Bertz CT molecular complexity index is 57.7. The van der Waals surface area contributed by atoms with Gasteiger partial charge in [-0.2, -0.15) is 0 Å². The molecular weight excluding hydrogens is 205 g/mol. The molecular formula is C6H12Cl2NTi. The zero-order valence-corrected chi connectivity index (χ0v) is 8.94. The van der Waals surface area contributed by atoms with E-state index < -0.39 is 0 Å². The molecule has 1 aliphatic carbocycles. The quantitative estimate of drug-likeness (QED) is 0.374. The summed E-state index contributed by atoms with van der Waals surface area (Å²) < 4.78 is 0. The molecule has 10 heavy (non-hydrogen) atoms. The minimum absolute atomic E-state index is 0. The molecule has 0 bridgehead atoms. The van der Waals surface area contributed by atoms with Crippen molar-refractivity contribution in [3.05, 3.63) is 5.73 Å². The summed E-state index contributed by atoms with van der Waals surface area (Å²) in [5.74, 6) is 0. The Kier molecular flexibility index (Phi) is 17.8. The predicted molar refractivity (Wildman–Crippen MR) is 31.2 cm³/mol. The zero-order valence-electron chi connectivity index (χ0n) is 5.87. The van der Waals surface area contributed by atoms with Crippen molar-refractivity contribution in [3.63, 3.8) is 0 Å². The molecule has 0 amide bonds. The first-order valence-corrected chi connectivity index (χ1v) is 3.11. The first kappa shape index (κ1) is 17.4. The third-order valence-electron chi connectivity index (χ3n) is 1.61. The molecule has 1 nitrogen and oxygen atoms in total. The first-order valence-electron chi connectivity index (χ1n) is 3.11. The van der Waals surface area contributed by atoms with Gasteiger partial charge in [0.2, 0.25) is 0 Å². The Hall–Kier alpha value is 1.25. The third-order valence-corrected chi connectivity index (χ3v) is 1.61. The maximum Gasteiger partial charge on any atom is 3.00 e. The fraction of sp³-hybridized carbons (Fsp3) is 1.00. The van der Waals surface area contributed by atoms with E-state index in [0.717, 1.165) is 12.8 Å². The van der Waals surface area contributed by atoms with E-state index in [-0.39, 0.29) is 52.6 Å². The SMILES string of the molecule is [Cl-].[Cl-].[NH-]C1CCCCC1.[Ti+3]. The fourth-order valence-corrected chi connectivity index (χ4v) is 1.10. The molecule has 0 atom stereocenters. The van der Waals surface area contributed by atoms with Gasteiger partial charge in [0.15, 0.2) is 0 Å². The van der Waals surface area contributed by atoms with Crippen LogP contribution >= 0.6 is 0 Å². The van der Waals surface area contributed by atoms with E-state index in [9.17, 15) is 0 Å². The molecule has 1 N–H and O–H groups in total. The van der Waals surface area contributed by atoms with E-state index in [4.69, 9.17) is 5.73 Å². The minimum Gasteiger partial charge on any atom is -1.00 e. The molecule has 0 aliphatic heterocycles. The van der Waals surface area contributed by atoms with Crippen LogP contribution in [0.5, 0.6) is 0 Å². The minimum atomic E-state index is 0. The van der Waals surface area contributed by atoms with Crippen LogP contribution in [-0.2, 0) is 21.7 Å². The number of nitrogens with one attached hydrogen (secondary N) is 1. The van der Waals surface area contributed by atoms with Crippen molar-refractivity contribution in [2.45, 2.75) is 38.1 Å². The summed E-state index contributed by atoms with van der Waals surface area (Å²) >= 11 is 0. The molecule has 0 aromatic carbocycles. The topological polar surface area (TPSA) is 23.8 Å². The van der Waals surface area contributed by atoms with Gasteiger partial charge in [-0.05, 0) is 0 Å². The molecule has 1 fully saturated rings. The normalized spacial score (nSPS) is 17.7. The van der Waals surface area contributed by atoms with Crippen molar-refractivity contribution in [1.82, 2.24) is 0 Å². The van der Waals surface area contributed by atoms with Crippen LogP contribution in [0.2, 0.25) is 0 Å². The van der Waals surface area contributed by atoms with Gasteiger partial charge < -0.3 is 30.5 Å². The largest absolute Gasteiger partial charge is 3.00 e. The molecule has 1 aliphatic rings. The van der Waals surface area contributed by atoms with Crippen LogP contribution in [0.25, 0.3) is 5.73 Å². The molecule has 0 spiro atoms. The van der Waals surface area contributed by atoms with Gasteiger partial charge in [0.1, 0.15) is 0 Å². The molecule has 1 rings (SSSR count). The van der Waals surface area contributed by atoms with E-state index in [2.05, 4.69) is 0 Å². The van der Waals surface area contributed by atoms with Gasteiger partial charge >= 0.3 is 21.7 Å². The Morgan fingerprint density at radius 1 is 0.900 bits per heavy atom. The molecule has 0 unspecified atom stereocenters. The number of hydrogen-bond donors (Lipinski definition) is 0. The second kappa shape index (κ2) is 10.3. The van der Waals surface area contributed by atoms with Crippen LogP contribution in [0.3, 0.4) is 0 Å². The average Bonchev–Trinajstić information content (AvgIpc) is 1.69. The second-order valence-corrected chi connectivity index (χ2v) is 2.33. The monoisotopic (exact) mass is 216 g/mol.